The van der Waals surface area contributed by atoms with Gasteiger partial charge in [0.2, 0.25) is 10.0 Å². The zero-order chi connectivity index (χ0) is 12.5. The molecule has 1 aliphatic heterocycles. The van der Waals surface area contributed by atoms with E-state index in [4.69, 9.17) is 0 Å². The Morgan fingerprint density at radius 2 is 2.06 bits per heavy atom. The summed E-state index contributed by atoms with van der Waals surface area (Å²) < 4.78 is 28.4. The third kappa shape index (κ3) is 3.91. The van der Waals surface area contributed by atoms with E-state index in [-0.39, 0.29) is 23.3 Å². The average molecular weight is 421 g/mol. The van der Waals surface area contributed by atoms with Crippen LogP contribution in [0.4, 0.5) is 0 Å². The molecule has 1 aliphatic rings. The number of benzene rings is 1. The van der Waals surface area contributed by atoms with Crippen molar-refractivity contribution in [2.24, 2.45) is 0 Å². The fourth-order valence-electron chi connectivity index (χ4n) is 1.73. The quantitative estimate of drug-likeness (QED) is 0.789. The van der Waals surface area contributed by atoms with Gasteiger partial charge in [-0.25, -0.2) is 13.1 Å². The Labute approximate surface area is 130 Å². The normalized spacial score (nSPS) is 19.6. The van der Waals surface area contributed by atoms with Crippen molar-refractivity contribution in [3.05, 3.63) is 27.1 Å². The highest BCUT2D eigenvalue weighted by Crippen LogP contribution is 2.25. The fourth-order valence-corrected chi connectivity index (χ4v) is 4.75. The lowest BCUT2D eigenvalue weighted by Gasteiger charge is -2.13. The Morgan fingerprint density at radius 1 is 1.33 bits per heavy atom. The fraction of sp³-hybridized carbons (Fsp3) is 0.400. The van der Waals surface area contributed by atoms with E-state index in [2.05, 4.69) is 41.9 Å². The van der Waals surface area contributed by atoms with Crippen molar-refractivity contribution in [2.75, 3.05) is 13.1 Å². The van der Waals surface area contributed by atoms with Crippen LogP contribution in [0, 0.1) is 0 Å². The summed E-state index contributed by atoms with van der Waals surface area (Å²) in [6, 6.07) is 5.00. The first kappa shape index (κ1) is 16.4. The van der Waals surface area contributed by atoms with E-state index in [9.17, 15) is 8.42 Å². The van der Waals surface area contributed by atoms with Gasteiger partial charge in [0, 0.05) is 21.5 Å². The van der Waals surface area contributed by atoms with E-state index in [1.165, 1.54) is 0 Å². The summed E-state index contributed by atoms with van der Waals surface area (Å²) in [4.78, 5) is 0.271. The summed E-state index contributed by atoms with van der Waals surface area (Å²) in [5.74, 6) is 0. The summed E-state index contributed by atoms with van der Waals surface area (Å²) >= 11 is 6.56. The van der Waals surface area contributed by atoms with Crippen molar-refractivity contribution >= 4 is 54.3 Å². The third-order valence-corrected chi connectivity index (χ3v) is 5.56. The third-order valence-electron chi connectivity index (χ3n) is 2.57. The maximum atomic E-state index is 12.1. The lowest BCUT2D eigenvalue weighted by molar-refractivity contribution is 0.559. The molecule has 1 aromatic rings. The minimum Gasteiger partial charge on any atom is -0.315 e. The highest BCUT2D eigenvalue weighted by Gasteiger charge is 2.24. The second-order valence-corrected chi connectivity index (χ2v) is 7.34. The zero-order valence-electron chi connectivity index (χ0n) is 9.32. The van der Waals surface area contributed by atoms with Crippen LogP contribution in [0.5, 0.6) is 0 Å². The average Bonchev–Trinajstić information content (AvgIpc) is 2.68. The molecule has 1 saturated heterocycles. The van der Waals surface area contributed by atoms with Gasteiger partial charge in [-0.2, -0.15) is 0 Å². The van der Waals surface area contributed by atoms with E-state index < -0.39 is 10.0 Å². The molecule has 0 bridgehead atoms. The molecule has 0 aromatic heterocycles. The van der Waals surface area contributed by atoms with E-state index in [0.29, 0.717) is 11.0 Å². The maximum Gasteiger partial charge on any atom is 0.241 e. The first-order chi connectivity index (χ1) is 7.99. The van der Waals surface area contributed by atoms with Crippen LogP contribution in [0.1, 0.15) is 6.42 Å². The summed E-state index contributed by atoms with van der Waals surface area (Å²) in [6.45, 7) is 1.54. The van der Waals surface area contributed by atoms with Crippen LogP contribution < -0.4 is 10.0 Å². The van der Waals surface area contributed by atoms with Crippen LogP contribution in [0.3, 0.4) is 0 Å². The van der Waals surface area contributed by atoms with Crippen LogP contribution in [-0.4, -0.2) is 27.5 Å². The van der Waals surface area contributed by atoms with Gasteiger partial charge in [0.05, 0.1) is 4.90 Å². The highest BCUT2D eigenvalue weighted by atomic mass is 79.9. The van der Waals surface area contributed by atoms with Crippen LogP contribution in [0.2, 0.25) is 0 Å². The van der Waals surface area contributed by atoms with Gasteiger partial charge in [0.25, 0.3) is 0 Å². The topological polar surface area (TPSA) is 58.2 Å². The lowest BCUT2D eigenvalue weighted by Crippen LogP contribution is -2.36. The standard InChI is InChI=1S/C10H12Br2N2O2S.ClH/c11-7-1-2-10(9(12)5-7)17(15,16)14-8-3-4-13-6-8;/h1-2,5,8,13-14H,3-4,6H2;1H. The monoisotopic (exact) mass is 418 g/mol. The Morgan fingerprint density at radius 3 is 2.61 bits per heavy atom. The molecule has 1 heterocycles. The minimum absolute atomic E-state index is 0. The highest BCUT2D eigenvalue weighted by molar-refractivity contribution is 9.11. The smallest absolute Gasteiger partial charge is 0.241 e. The molecule has 1 unspecified atom stereocenters. The number of halogens is 3. The molecule has 0 saturated carbocycles. The summed E-state index contributed by atoms with van der Waals surface area (Å²) in [7, 11) is -3.45. The largest absolute Gasteiger partial charge is 0.315 e. The molecule has 0 amide bonds. The maximum absolute atomic E-state index is 12.1. The molecule has 4 nitrogen and oxygen atoms in total. The number of sulfonamides is 1. The van der Waals surface area contributed by atoms with Crippen molar-refractivity contribution < 1.29 is 8.42 Å². The van der Waals surface area contributed by atoms with Crippen LogP contribution >= 0.6 is 44.3 Å². The Bertz CT molecular complexity index is 519. The van der Waals surface area contributed by atoms with Crippen molar-refractivity contribution in [1.82, 2.24) is 10.0 Å². The molecule has 8 heteroatoms. The van der Waals surface area contributed by atoms with E-state index in [0.717, 1.165) is 17.4 Å². The molecule has 102 valence electrons. The van der Waals surface area contributed by atoms with Crippen LogP contribution in [0.15, 0.2) is 32.0 Å². The molecule has 1 fully saturated rings. The van der Waals surface area contributed by atoms with E-state index >= 15 is 0 Å². The second kappa shape index (κ2) is 6.67. The van der Waals surface area contributed by atoms with Crippen molar-refractivity contribution in [2.45, 2.75) is 17.4 Å². The number of hydrogen-bond donors (Lipinski definition) is 2. The summed E-state index contributed by atoms with van der Waals surface area (Å²) in [5, 5.41) is 3.12. The SMILES string of the molecule is Cl.O=S(=O)(NC1CCNC1)c1ccc(Br)cc1Br. The Kier molecular flexibility index (Phi) is 6.08. The van der Waals surface area contributed by atoms with Crippen molar-refractivity contribution in [1.29, 1.82) is 0 Å². The van der Waals surface area contributed by atoms with Crippen LogP contribution in [0.25, 0.3) is 0 Å². The summed E-state index contributed by atoms with van der Waals surface area (Å²) in [6.07, 6.45) is 0.827. The first-order valence-corrected chi connectivity index (χ1v) is 8.24. The van der Waals surface area contributed by atoms with Gasteiger partial charge >= 0.3 is 0 Å². The van der Waals surface area contributed by atoms with Gasteiger partial charge < -0.3 is 5.32 Å². The second-order valence-electron chi connectivity index (χ2n) is 3.89. The molecule has 2 rings (SSSR count). The number of hydrogen-bond acceptors (Lipinski definition) is 3. The molecule has 0 aliphatic carbocycles. The number of rotatable bonds is 3. The molecule has 0 spiro atoms. The molecule has 1 atom stereocenters. The molecule has 1 aromatic carbocycles. The van der Waals surface area contributed by atoms with Gasteiger partial charge in [-0.3, -0.25) is 0 Å². The predicted molar refractivity (Wildman–Crippen MR) is 80.7 cm³/mol. The molecular weight excluding hydrogens is 407 g/mol. The Balaban J connectivity index is 0.00000162. The number of nitrogens with one attached hydrogen (secondary N) is 2. The molecule has 2 N–H and O–H groups in total. The first-order valence-electron chi connectivity index (χ1n) is 5.17. The van der Waals surface area contributed by atoms with Crippen molar-refractivity contribution in [3.8, 4) is 0 Å². The minimum atomic E-state index is -3.45. The van der Waals surface area contributed by atoms with Gasteiger partial charge in [0.1, 0.15) is 0 Å². The van der Waals surface area contributed by atoms with E-state index in [1.54, 1.807) is 18.2 Å². The van der Waals surface area contributed by atoms with Crippen LogP contribution in [-0.2, 0) is 10.0 Å². The van der Waals surface area contributed by atoms with Gasteiger partial charge in [-0.15, -0.1) is 12.4 Å². The lowest BCUT2D eigenvalue weighted by atomic mass is 10.3. The Hall–Kier alpha value is 0.340. The molecular formula is C10H13Br2ClN2O2S. The van der Waals surface area contributed by atoms with E-state index in [1.807, 2.05) is 0 Å². The molecule has 18 heavy (non-hydrogen) atoms. The molecule has 0 radical (unpaired) electrons. The van der Waals surface area contributed by atoms with Gasteiger partial charge in [-0.1, -0.05) is 15.9 Å². The predicted octanol–water partition coefficient (Wildman–Crippen LogP) is 2.27. The van der Waals surface area contributed by atoms with Gasteiger partial charge in [-0.05, 0) is 47.1 Å². The zero-order valence-corrected chi connectivity index (χ0v) is 14.1. The van der Waals surface area contributed by atoms with Gasteiger partial charge in [0.15, 0.2) is 0 Å². The summed E-state index contributed by atoms with van der Waals surface area (Å²) in [5.41, 5.74) is 0. The van der Waals surface area contributed by atoms with Crippen molar-refractivity contribution in [3.63, 3.8) is 0 Å².